The molecule has 0 saturated carbocycles. The van der Waals surface area contributed by atoms with Crippen molar-refractivity contribution < 1.29 is 5.11 Å². The first-order valence-corrected chi connectivity index (χ1v) is 2.05. The Morgan fingerprint density at radius 3 is 1.14 bits per heavy atom. The third kappa shape index (κ3) is 462. The second-order valence-corrected chi connectivity index (χ2v) is 0.909. The maximum atomic E-state index is 7.00. The molecule has 0 aliphatic carbocycles. The molecule has 50 valence electrons. The van der Waals surface area contributed by atoms with Gasteiger partial charge in [-0.3, -0.25) is 0 Å². The molecular weight excluding hydrogens is 135 g/mol. The maximum absolute atomic E-state index is 7.00. The minimum Gasteiger partial charge on any atom is -0.400 e. The monoisotopic (exact) mass is 148 g/mol. The largest absolute Gasteiger partial charge is 0.400 e. The van der Waals surface area contributed by atoms with Crippen molar-refractivity contribution in [3.05, 3.63) is 0 Å². The molecule has 0 heterocycles. The molecule has 0 aromatic rings. The molecule has 1 N–H and O–H groups in total. The van der Waals surface area contributed by atoms with Crippen LogP contribution in [0.4, 0.5) is 0 Å². The molecule has 0 rings (SSSR count). The van der Waals surface area contributed by atoms with E-state index in [2.05, 4.69) is 0 Å². The molecule has 0 fully saturated rings. The van der Waals surface area contributed by atoms with E-state index >= 15 is 0 Å². The number of halogens is 2. The summed E-state index contributed by atoms with van der Waals surface area (Å²) in [6.45, 7) is 0. The van der Waals surface area contributed by atoms with Gasteiger partial charge in [0.2, 0.25) is 0 Å². The van der Waals surface area contributed by atoms with Crippen LogP contribution in [0, 0.1) is 0 Å². The van der Waals surface area contributed by atoms with Gasteiger partial charge in [-0.2, -0.15) is 0 Å². The third-order valence-electron chi connectivity index (χ3n) is 0. The topological polar surface area (TPSA) is 20.2 Å². The zero-order chi connectivity index (χ0) is 4.71. The van der Waals surface area contributed by atoms with Gasteiger partial charge >= 0.3 is 0 Å². The van der Waals surface area contributed by atoms with E-state index in [4.69, 9.17) is 28.3 Å². The molecular formula is C4H14Cl2O. The summed E-state index contributed by atoms with van der Waals surface area (Å²) >= 11 is 9.53. The average Bonchev–Trinajstić information content (AvgIpc) is 1.46. The molecule has 0 saturated heterocycles. The van der Waals surface area contributed by atoms with Gasteiger partial charge in [0.15, 0.2) is 0 Å². The van der Waals surface area contributed by atoms with E-state index in [1.165, 1.54) is 0 Å². The number of rotatable bonds is 0. The van der Waals surface area contributed by atoms with Crippen molar-refractivity contribution >= 4 is 23.2 Å². The predicted molar refractivity (Wildman–Crippen MR) is 38.2 cm³/mol. The zero-order valence-corrected chi connectivity index (χ0v) is 4.42. The van der Waals surface area contributed by atoms with Gasteiger partial charge in [0, 0.05) is 7.11 Å². The van der Waals surface area contributed by atoms with Crippen LogP contribution in [-0.2, 0) is 0 Å². The Hall–Kier alpha value is 0.540. The molecule has 0 atom stereocenters. The van der Waals surface area contributed by atoms with Crippen LogP contribution >= 0.6 is 23.2 Å². The minimum atomic E-state index is 0. The maximum Gasteiger partial charge on any atom is 0.0967 e. The third-order valence-corrected chi connectivity index (χ3v) is 0. The lowest BCUT2D eigenvalue weighted by molar-refractivity contribution is 0.399. The van der Waals surface area contributed by atoms with Gasteiger partial charge < -0.3 is 5.11 Å². The Kier molecular flexibility index (Phi) is 311. The standard InChI is InChI=1S/CH2Cl2.CH4O.2CH4/c2-1-3;1-2;;/h1H2;2H,1H3;2*1H4. The highest BCUT2D eigenvalue weighted by molar-refractivity contribution is 6.40. The molecule has 0 radical (unpaired) electrons. The molecule has 0 aromatic carbocycles. The van der Waals surface area contributed by atoms with Crippen LogP contribution in [0.2, 0.25) is 0 Å². The van der Waals surface area contributed by atoms with Crippen LogP contribution in [0.15, 0.2) is 0 Å². The SMILES string of the molecule is C.C.CO.ClCCl. The van der Waals surface area contributed by atoms with Gasteiger partial charge in [-0.1, -0.05) is 14.9 Å². The van der Waals surface area contributed by atoms with E-state index in [0.29, 0.717) is 0 Å². The second kappa shape index (κ2) is 84.6. The van der Waals surface area contributed by atoms with Crippen molar-refractivity contribution in [3.63, 3.8) is 0 Å². The summed E-state index contributed by atoms with van der Waals surface area (Å²) in [5, 5.41) is 7.19. The van der Waals surface area contributed by atoms with Crippen LogP contribution < -0.4 is 0 Å². The van der Waals surface area contributed by atoms with Crippen molar-refractivity contribution in [2.45, 2.75) is 14.9 Å². The summed E-state index contributed by atoms with van der Waals surface area (Å²) < 4.78 is 0. The quantitative estimate of drug-likeness (QED) is 0.524. The lowest BCUT2D eigenvalue weighted by Crippen LogP contribution is -1.25. The van der Waals surface area contributed by atoms with Gasteiger partial charge in [0.05, 0.1) is 5.34 Å². The fraction of sp³-hybridized carbons (Fsp3) is 1.00. The molecule has 0 unspecified atom stereocenters. The van der Waals surface area contributed by atoms with E-state index in [9.17, 15) is 0 Å². The van der Waals surface area contributed by atoms with E-state index in [0.717, 1.165) is 7.11 Å². The van der Waals surface area contributed by atoms with E-state index in [1.54, 1.807) is 0 Å². The summed E-state index contributed by atoms with van der Waals surface area (Å²) in [7, 11) is 1.00. The van der Waals surface area contributed by atoms with E-state index < -0.39 is 0 Å². The van der Waals surface area contributed by atoms with Crippen molar-refractivity contribution in [2.75, 3.05) is 12.4 Å². The summed E-state index contributed by atoms with van der Waals surface area (Å²) in [5.74, 6) is 0. The zero-order valence-electron chi connectivity index (χ0n) is 2.91. The van der Waals surface area contributed by atoms with Crippen LogP contribution in [0.25, 0.3) is 0 Å². The van der Waals surface area contributed by atoms with Gasteiger partial charge in [-0.25, -0.2) is 0 Å². The van der Waals surface area contributed by atoms with Gasteiger partial charge in [-0.15, -0.1) is 23.2 Å². The number of aliphatic hydroxyl groups excluding tert-OH is 1. The van der Waals surface area contributed by atoms with Crippen LogP contribution in [0.1, 0.15) is 14.9 Å². The van der Waals surface area contributed by atoms with Gasteiger partial charge in [0.25, 0.3) is 0 Å². The molecule has 0 aliphatic rings. The molecule has 7 heavy (non-hydrogen) atoms. The van der Waals surface area contributed by atoms with Crippen molar-refractivity contribution in [1.82, 2.24) is 0 Å². The smallest absolute Gasteiger partial charge is 0.0967 e. The fourth-order valence-corrected chi connectivity index (χ4v) is 0. The van der Waals surface area contributed by atoms with Crippen molar-refractivity contribution in [1.29, 1.82) is 0 Å². The summed E-state index contributed by atoms with van der Waals surface area (Å²) in [6, 6.07) is 0. The van der Waals surface area contributed by atoms with Crippen molar-refractivity contribution in [3.8, 4) is 0 Å². The molecule has 0 bridgehead atoms. The first kappa shape index (κ1) is 25.7. The van der Waals surface area contributed by atoms with Gasteiger partial charge in [0.1, 0.15) is 0 Å². The van der Waals surface area contributed by atoms with E-state index in [1.807, 2.05) is 0 Å². The van der Waals surface area contributed by atoms with Crippen molar-refractivity contribution in [2.24, 2.45) is 0 Å². The number of alkyl halides is 2. The van der Waals surface area contributed by atoms with Crippen LogP contribution in [-0.4, -0.2) is 17.6 Å². The molecule has 0 spiro atoms. The van der Waals surface area contributed by atoms with Crippen LogP contribution in [0.3, 0.4) is 0 Å². The lowest BCUT2D eigenvalue weighted by Gasteiger charge is -1.42. The number of hydrogen-bond acceptors (Lipinski definition) is 1. The highest BCUT2D eigenvalue weighted by Crippen LogP contribution is 1.73. The Balaban J connectivity index is -0.0000000105. The normalized spacial score (nSPS) is 3.43. The second-order valence-electron chi connectivity index (χ2n) is 0.101. The number of hydrogen-bond donors (Lipinski definition) is 1. The Morgan fingerprint density at radius 2 is 1.14 bits per heavy atom. The lowest BCUT2D eigenvalue weighted by atomic mass is 11.8. The molecule has 0 aliphatic heterocycles. The molecule has 0 aromatic heterocycles. The van der Waals surface area contributed by atoms with E-state index in [-0.39, 0.29) is 20.2 Å². The average molecular weight is 149 g/mol. The Bertz CT molecular complexity index is 9.65. The van der Waals surface area contributed by atoms with Gasteiger partial charge in [-0.05, 0) is 0 Å². The molecule has 0 amide bonds. The minimum absolute atomic E-state index is 0. The number of aliphatic hydroxyl groups is 1. The fourth-order valence-electron chi connectivity index (χ4n) is 0. The first-order valence-electron chi connectivity index (χ1n) is 0.982. The summed E-state index contributed by atoms with van der Waals surface area (Å²) in [5.41, 5.74) is 0. The molecule has 3 heteroatoms. The Morgan fingerprint density at radius 1 is 1.14 bits per heavy atom. The van der Waals surface area contributed by atoms with Crippen LogP contribution in [0.5, 0.6) is 0 Å². The summed E-state index contributed by atoms with van der Waals surface area (Å²) in [6.07, 6.45) is 0. The highest BCUT2D eigenvalue weighted by Gasteiger charge is 1.41. The predicted octanol–water partition coefficient (Wildman–Crippen LogP) is 2.30. The highest BCUT2D eigenvalue weighted by atomic mass is 35.5. The first-order chi connectivity index (χ1) is 2.41. The summed E-state index contributed by atoms with van der Waals surface area (Å²) in [4.78, 5) is 0. The Labute approximate surface area is 56.3 Å². The molecule has 1 nitrogen and oxygen atoms in total.